The molecule has 1 unspecified atom stereocenters. The second-order valence-electron chi connectivity index (χ2n) is 1.52. The van der Waals surface area contributed by atoms with Gasteiger partial charge in [-0.2, -0.15) is 0 Å². The molecule has 0 aromatic heterocycles. The molecule has 0 aliphatic carbocycles. The van der Waals surface area contributed by atoms with E-state index in [-0.39, 0.29) is 6.61 Å². The molecular formula is C5H11O2. The van der Waals surface area contributed by atoms with Crippen LogP contribution in [0.4, 0.5) is 0 Å². The lowest BCUT2D eigenvalue weighted by molar-refractivity contribution is 0.188. The minimum Gasteiger partial charge on any atom is -0.396 e. The maximum atomic E-state index is 8.46. The highest BCUT2D eigenvalue weighted by Gasteiger charge is 1.91. The summed E-state index contributed by atoms with van der Waals surface area (Å²) in [6.07, 6.45) is 0.730. The molecule has 2 heteroatoms. The fraction of sp³-hybridized carbons (Fsp3) is 0.800. The molecule has 0 saturated heterocycles. The Morgan fingerprint density at radius 1 is 1.57 bits per heavy atom. The maximum absolute atomic E-state index is 8.46. The van der Waals surface area contributed by atoms with Crippen LogP contribution in [-0.2, 0) is 0 Å². The molecule has 0 amide bonds. The Morgan fingerprint density at radius 3 is 2.29 bits per heavy atom. The first kappa shape index (κ1) is 6.92. The van der Waals surface area contributed by atoms with Crippen molar-refractivity contribution in [3.05, 3.63) is 6.92 Å². The monoisotopic (exact) mass is 103 g/mol. The second-order valence-corrected chi connectivity index (χ2v) is 1.52. The number of rotatable bonds is 3. The van der Waals surface area contributed by atoms with Gasteiger partial charge in [-0.05, 0) is 19.8 Å². The average Bonchev–Trinajstić information content (AvgIpc) is 1.61. The molecule has 43 valence electrons. The molecule has 1 radical (unpaired) electrons. The van der Waals surface area contributed by atoms with E-state index >= 15 is 0 Å². The van der Waals surface area contributed by atoms with Crippen molar-refractivity contribution >= 4 is 0 Å². The van der Waals surface area contributed by atoms with Crippen molar-refractivity contribution in [2.45, 2.75) is 18.9 Å². The van der Waals surface area contributed by atoms with Crippen molar-refractivity contribution in [3.63, 3.8) is 0 Å². The van der Waals surface area contributed by atoms with Gasteiger partial charge in [-0.15, -0.1) is 0 Å². The Bertz CT molecular complexity index is 35.1. The van der Waals surface area contributed by atoms with Gasteiger partial charge >= 0.3 is 0 Å². The standard InChI is InChI=1S/C5H11O2/c1-5(7)3-2-4-6/h5-7H,1-4H2. The largest absolute Gasteiger partial charge is 0.396 e. The van der Waals surface area contributed by atoms with Gasteiger partial charge in [0.15, 0.2) is 0 Å². The third kappa shape index (κ3) is 5.92. The van der Waals surface area contributed by atoms with Gasteiger partial charge in [0.1, 0.15) is 0 Å². The van der Waals surface area contributed by atoms with Gasteiger partial charge in [-0.1, -0.05) is 0 Å². The molecule has 0 aliphatic heterocycles. The zero-order valence-electron chi connectivity index (χ0n) is 4.30. The fourth-order valence-electron chi connectivity index (χ4n) is 0.327. The van der Waals surface area contributed by atoms with E-state index in [4.69, 9.17) is 10.2 Å². The van der Waals surface area contributed by atoms with E-state index in [0.29, 0.717) is 12.8 Å². The molecule has 1 atom stereocenters. The summed E-state index contributed by atoms with van der Waals surface area (Å²) in [6, 6.07) is 0. The van der Waals surface area contributed by atoms with Gasteiger partial charge in [-0.25, -0.2) is 0 Å². The summed E-state index contributed by atoms with van der Waals surface area (Å²) in [5, 5.41) is 16.6. The summed E-state index contributed by atoms with van der Waals surface area (Å²) in [6.45, 7) is 3.47. The summed E-state index contributed by atoms with van der Waals surface area (Å²) >= 11 is 0. The Hall–Kier alpha value is -0.0800. The van der Waals surface area contributed by atoms with Crippen LogP contribution in [0.3, 0.4) is 0 Å². The topological polar surface area (TPSA) is 40.5 Å². The van der Waals surface area contributed by atoms with Crippen molar-refractivity contribution in [3.8, 4) is 0 Å². The average molecular weight is 103 g/mol. The Labute approximate surface area is 43.8 Å². The van der Waals surface area contributed by atoms with E-state index in [1.807, 2.05) is 0 Å². The minimum absolute atomic E-state index is 0.145. The smallest absolute Gasteiger partial charge is 0.0542 e. The molecule has 0 saturated carbocycles. The first-order chi connectivity index (χ1) is 3.27. The second kappa shape index (κ2) is 4.09. The predicted molar refractivity (Wildman–Crippen MR) is 27.7 cm³/mol. The van der Waals surface area contributed by atoms with E-state index in [1.165, 1.54) is 0 Å². The van der Waals surface area contributed by atoms with E-state index in [9.17, 15) is 0 Å². The van der Waals surface area contributed by atoms with E-state index < -0.39 is 6.10 Å². The van der Waals surface area contributed by atoms with Gasteiger partial charge in [0.25, 0.3) is 0 Å². The molecule has 0 spiro atoms. The highest BCUT2D eigenvalue weighted by molar-refractivity contribution is 4.54. The summed E-state index contributed by atoms with van der Waals surface area (Å²) in [4.78, 5) is 0. The number of hydrogen-bond acceptors (Lipinski definition) is 2. The van der Waals surface area contributed by atoms with Crippen molar-refractivity contribution in [2.24, 2.45) is 0 Å². The lowest BCUT2D eigenvalue weighted by Gasteiger charge is -1.97. The van der Waals surface area contributed by atoms with E-state index in [2.05, 4.69) is 6.92 Å². The molecule has 7 heavy (non-hydrogen) atoms. The molecule has 0 fully saturated rings. The van der Waals surface area contributed by atoms with Crippen LogP contribution in [0, 0.1) is 6.92 Å². The molecule has 0 aliphatic rings. The van der Waals surface area contributed by atoms with Gasteiger partial charge in [0, 0.05) is 6.61 Å². The van der Waals surface area contributed by atoms with Gasteiger partial charge in [0.05, 0.1) is 6.10 Å². The van der Waals surface area contributed by atoms with Crippen LogP contribution < -0.4 is 0 Å². The van der Waals surface area contributed by atoms with Crippen LogP contribution in [0.15, 0.2) is 0 Å². The molecule has 0 heterocycles. The summed E-state index contributed by atoms with van der Waals surface area (Å²) in [5.41, 5.74) is 0. The highest BCUT2D eigenvalue weighted by Crippen LogP contribution is 1.91. The minimum atomic E-state index is -0.507. The highest BCUT2D eigenvalue weighted by atomic mass is 16.3. The molecule has 0 aromatic carbocycles. The van der Waals surface area contributed by atoms with Crippen LogP contribution in [0.2, 0.25) is 0 Å². The van der Waals surface area contributed by atoms with Gasteiger partial charge in [0.2, 0.25) is 0 Å². The fourth-order valence-corrected chi connectivity index (χ4v) is 0.327. The van der Waals surface area contributed by atoms with E-state index in [0.717, 1.165) is 0 Å². The molecule has 0 bridgehead atoms. The van der Waals surface area contributed by atoms with Crippen LogP contribution in [0.1, 0.15) is 12.8 Å². The van der Waals surface area contributed by atoms with Crippen molar-refractivity contribution in [2.75, 3.05) is 6.61 Å². The Morgan fingerprint density at radius 2 is 2.14 bits per heavy atom. The van der Waals surface area contributed by atoms with E-state index in [1.54, 1.807) is 0 Å². The predicted octanol–water partition coefficient (Wildman–Crippen LogP) is -0.0461. The first-order valence-electron chi connectivity index (χ1n) is 2.39. The molecule has 2 N–H and O–H groups in total. The quantitative estimate of drug-likeness (QED) is 0.526. The lowest BCUT2D eigenvalue weighted by atomic mass is 10.2. The first-order valence-corrected chi connectivity index (χ1v) is 2.39. The van der Waals surface area contributed by atoms with Gasteiger partial charge in [-0.3, -0.25) is 0 Å². The normalized spacial score (nSPS) is 14.1. The van der Waals surface area contributed by atoms with Crippen LogP contribution in [0.25, 0.3) is 0 Å². The lowest BCUT2D eigenvalue weighted by Crippen LogP contribution is -2.00. The van der Waals surface area contributed by atoms with Crippen LogP contribution in [-0.4, -0.2) is 22.9 Å². The summed E-state index contributed by atoms with van der Waals surface area (Å²) in [7, 11) is 0. The third-order valence-corrected chi connectivity index (χ3v) is 0.695. The third-order valence-electron chi connectivity index (χ3n) is 0.695. The van der Waals surface area contributed by atoms with Gasteiger partial charge < -0.3 is 10.2 Å². The Balaban J connectivity index is 2.68. The molecular weight excluding hydrogens is 92.1 g/mol. The molecule has 0 rings (SSSR count). The number of aliphatic hydroxyl groups excluding tert-OH is 2. The summed E-state index contributed by atoms with van der Waals surface area (Å²) < 4.78 is 0. The van der Waals surface area contributed by atoms with Crippen molar-refractivity contribution in [1.82, 2.24) is 0 Å². The SMILES string of the molecule is [CH2]C(O)CCCO. The number of hydrogen-bond donors (Lipinski definition) is 2. The van der Waals surface area contributed by atoms with Crippen molar-refractivity contribution < 1.29 is 10.2 Å². The Kier molecular flexibility index (Phi) is 4.04. The molecule has 0 aromatic rings. The zero-order valence-corrected chi connectivity index (χ0v) is 4.30. The van der Waals surface area contributed by atoms with Crippen molar-refractivity contribution in [1.29, 1.82) is 0 Å². The zero-order chi connectivity index (χ0) is 5.70. The summed E-state index contributed by atoms with van der Waals surface area (Å²) in [5.74, 6) is 0. The van der Waals surface area contributed by atoms with Crippen LogP contribution in [0.5, 0.6) is 0 Å². The van der Waals surface area contributed by atoms with Crippen LogP contribution >= 0.6 is 0 Å². The number of aliphatic hydroxyl groups is 2. The molecule has 2 nitrogen and oxygen atoms in total. The maximum Gasteiger partial charge on any atom is 0.0542 e.